The van der Waals surface area contributed by atoms with Gasteiger partial charge in [0.05, 0.1) is 0 Å². The Balaban J connectivity index is 2.78. The Bertz CT molecular complexity index is 252. The summed E-state index contributed by atoms with van der Waals surface area (Å²) in [5, 5.41) is 0. The summed E-state index contributed by atoms with van der Waals surface area (Å²) in [4.78, 5) is 10.7. The van der Waals surface area contributed by atoms with Crippen LogP contribution in [-0.4, -0.2) is 17.7 Å². The van der Waals surface area contributed by atoms with Crippen LogP contribution < -0.4 is 0 Å². The maximum absolute atomic E-state index is 13.5. The molecule has 0 bridgehead atoms. The molecule has 1 unspecified atom stereocenters. The minimum atomic E-state index is -3.59. The van der Waals surface area contributed by atoms with Gasteiger partial charge in [-0.05, 0) is 12.8 Å². The third-order valence-corrected chi connectivity index (χ3v) is 2.21. The normalized spacial score (nSPS) is 30.8. The van der Waals surface area contributed by atoms with Gasteiger partial charge < -0.3 is 4.74 Å². The van der Waals surface area contributed by atoms with E-state index in [2.05, 4.69) is 11.3 Å². The van der Waals surface area contributed by atoms with Crippen molar-refractivity contribution in [3.8, 4) is 0 Å². The second-order valence-electron chi connectivity index (χ2n) is 3.27. The van der Waals surface area contributed by atoms with Gasteiger partial charge in [-0.1, -0.05) is 6.58 Å². The lowest BCUT2D eigenvalue weighted by atomic mass is 9.91. The summed E-state index contributed by atoms with van der Waals surface area (Å²) in [7, 11) is 0. The fourth-order valence-electron chi connectivity index (χ4n) is 1.40. The van der Waals surface area contributed by atoms with Gasteiger partial charge in [0.25, 0.3) is 0 Å². The predicted molar refractivity (Wildman–Crippen MR) is 43.5 cm³/mol. The van der Waals surface area contributed by atoms with E-state index in [1.807, 2.05) is 0 Å². The first-order valence-electron chi connectivity index (χ1n) is 4.33. The van der Waals surface area contributed by atoms with E-state index in [1.165, 1.54) is 0 Å². The molecule has 0 amide bonds. The highest BCUT2D eigenvalue weighted by molar-refractivity contribution is 5.81. The van der Waals surface area contributed by atoms with Gasteiger partial charge in [-0.25, -0.2) is 4.79 Å². The van der Waals surface area contributed by atoms with Crippen molar-refractivity contribution < 1.29 is 22.7 Å². The molecule has 1 saturated carbocycles. The Kier molecular flexibility index (Phi) is 2.87. The van der Waals surface area contributed by atoms with Gasteiger partial charge in [0.2, 0.25) is 0 Å². The SMILES string of the molecule is C=CC(=O)OC1(F)CCCCC1(F)F. The van der Waals surface area contributed by atoms with E-state index < -0.39 is 30.6 Å². The fourth-order valence-corrected chi connectivity index (χ4v) is 1.40. The van der Waals surface area contributed by atoms with Gasteiger partial charge in [-0.15, -0.1) is 0 Å². The van der Waals surface area contributed by atoms with Crippen LogP contribution in [0.1, 0.15) is 25.7 Å². The number of rotatable bonds is 2. The van der Waals surface area contributed by atoms with Crippen LogP contribution >= 0.6 is 0 Å². The first-order chi connectivity index (χ1) is 6.41. The fraction of sp³-hybridized carbons (Fsp3) is 0.667. The number of carbonyl (C=O) groups is 1. The van der Waals surface area contributed by atoms with E-state index >= 15 is 0 Å². The van der Waals surface area contributed by atoms with E-state index in [4.69, 9.17) is 0 Å². The molecule has 80 valence electrons. The molecule has 0 aromatic carbocycles. The molecule has 1 aliphatic rings. The van der Waals surface area contributed by atoms with E-state index in [-0.39, 0.29) is 12.8 Å². The lowest BCUT2D eigenvalue weighted by Crippen LogP contribution is -2.49. The molecular weight excluding hydrogens is 197 g/mol. The van der Waals surface area contributed by atoms with E-state index in [9.17, 15) is 18.0 Å². The van der Waals surface area contributed by atoms with Crippen molar-refractivity contribution >= 4 is 5.97 Å². The second kappa shape index (κ2) is 3.63. The molecule has 14 heavy (non-hydrogen) atoms. The van der Waals surface area contributed by atoms with Crippen molar-refractivity contribution in [1.82, 2.24) is 0 Å². The van der Waals surface area contributed by atoms with Crippen molar-refractivity contribution in [2.24, 2.45) is 0 Å². The summed E-state index contributed by atoms with van der Waals surface area (Å²) in [5.74, 6) is -7.91. The average molecular weight is 208 g/mol. The van der Waals surface area contributed by atoms with Crippen LogP contribution in [0.2, 0.25) is 0 Å². The summed E-state index contributed by atoms with van der Waals surface area (Å²) in [6, 6.07) is 0. The zero-order chi connectivity index (χ0) is 10.8. The van der Waals surface area contributed by atoms with E-state index in [1.54, 1.807) is 0 Å². The number of ether oxygens (including phenoxy) is 1. The molecular formula is C9H11F3O2. The Morgan fingerprint density at radius 3 is 2.36 bits per heavy atom. The molecule has 0 aromatic heterocycles. The Morgan fingerprint density at radius 2 is 1.86 bits per heavy atom. The maximum atomic E-state index is 13.5. The van der Waals surface area contributed by atoms with Gasteiger partial charge in [0, 0.05) is 18.9 Å². The molecule has 5 heteroatoms. The van der Waals surface area contributed by atoms with Crippen LogP contribution in [0.15, 0.2) is 12.7 Å². The van der Waals surface area contributed by atoms with Crippen LogP contribution in [0.5, 0.6) is 0 Å². The zero-order valence-electron chi connectivity index (χ0n) is 7.56. The quantitative estimate of drug-likeness (QED) is 0.515. The Hall–Kier alpha value is -1.00. The standard InChI is InChI=1S/C9H11F3O2/c1-2-7(13)14-9(12)6-4-3-5-8(9,10)11/h2H,1,3-6H2. The van der Waals surface area contributed by atoms with Crippen molar-refractivity contribution in [3.63, 3.8) is 0 Å². The molecule has 0 radical (unpaired) electrons. The molecule has 0 heterocycles. The molecule has 0 aromatic rings. The highest BCUT2D eigenvalue weighted by atomic mass is 19.3. The lowest BCUT2D eigenvalue weighted by Gasteiger charge is -2.35. The number of halogens is 3. The number of alkyl halides is 3. The third kappa shape index (κ3) is 1.91. The third-order valence-electron chi connectivity index (χ3n) is 2.21. The van der Waals surface area contributed by atoms with Gasteiger partial charge in [0.15, 0.2) is 0 Å². The van der Waals surface area contributed by atoms with Crippen LogP contribution in [0, 0.1) is 0 Å². The Morgan fingerprint density at radius 1 is 1.29 bits per heavy atom. The number of hydrogen-bond acceptors (Lipinski definition) is 2. The van der Waals surface area contributed by atoms with Crippen molar-refractivity contribution in [1.29, 1.82) is 0 Å². The van der Waals surface area contributed by atoms with Crippen molar-refractivity contribution in [3.05, 3.63) is 12.7 Å². The number of esters is 1. The number of carbonyl (C=O) groups excluding carboxylic acids is 1. The minimum absolute atomic E-state index is 0.240. The summed E-state index contributed by atoms with van der Waals surface area (Å²) in [5.41, 5.74) is 0. The van der Waals surface area contributed by atoms with E-state index in [0.717, 1.165) is 0 Å². The monoisotopic (exact) mass is 208 g/mol. The highest BCUT2D eigenvalue weighted by Gasteiger charge is 2.59. The van der Waals surface area contributed by atoms with Gasteiger partial charge in [-0.3, -0.25) is 0 Å². The minimum Gasteiger partial charge on any atom is -0.419 e. The topological polar surface area (TPSA) is 26.3 Å². The maximum Gasteiger partial charge on any atom is 0.333 e. The molecule has 1 rings (SSSR count). The largest absolute Gasteiger partial charge is 0.419 e. The molecule has 1 aliphatic carbocycles. The molecule has 1 atom stereocenters. The molecule has 0 saturated heterocycles. The lowest BCUT2D eigenvalue weighted by molar-refractivity contribution is -0.279. The second-order valence-corrected chi connectivity index (χ2v) is 3.27. The molecule has 2 nitrogen and oxygen atoms in total. The van der Waals surface area contributed by atoms with Gasteiger partial charge in [0.1, 0.15) is 0 Å². The van der Waals surface area contributed by atoms with Crippen LogP contribution in [0.25, 0.3) is 0 Å². The van der Waals surface area contributed by atoms with Crippen molar-refractivity contribution in [2.75, 3.05) is 0 Å². The van der Waals surface area contributed by atoms with Crippen LogP contribution in [0.3, 0.4) is 0 Å². The van der Waals surface area contributed by atoms with E-state index in [0.29, 0.717) is 6.08 Å². The predicted octanol–water partition coefficient (Wildman–Crippen LogP) is 2.59. The average Bonchev–Trinajstić information content (AvgIpc) is 2.10. The molecule has 0 aliphatic heterocycles. The molecule has 1 fully saturated rings. The molecule has 0 N–H and O–H groups in total. The summed E-state index contributed by atoms with van der Waals surface area (Å²) in [6.07, 6.45) is 0.153. The smallest absolute Gasteiger partial charge is 0.333 e. The van der Waals surface area contributed by atoms with Gasteiger partial charge in [-0.2, -0.15) is 13.2 Å². The van der Waals surface area contributed by atoms with Crippen molar-refractivity contribution in [2.45, 2.75) is 37.5 Å². The van der Waals surface area contributed by atoms with Gasteiger partial charge >= 0.3 is 17.7 Å². The first-order valence-corrected chi connectivity index (χ1v) is 4.33. The van der Waals surface area contributed by atoms with Crippen LogP contribution in [-0.2, 0) is 9.53 Å². The first kappa shape index (κ1) is 11.1. The zero-order valence-corrected chi connectivity index (χ0v) is 7.56. The summed E-state index contributed by atoms with van der Waals surface area (Å²) in [6.45, 7) is 3.02. The molecule has 0 spiro atoms. The Labute approximate surface area is 79.7 Å². The van der Waals surface area contributed by atoms with Crippen LogP contribution in [0.4, 0.5) is 13.2 Å². The summed E-state index contributed by atoms with van der Waals surface area (Å²) < 4.78 is 43.7. The highest BCUT2D eigenvalue weighted by Crippen LogP contribution is 2.45. The summed E-state index contributed by atoms with van der Waals surface area (Å²) >= 11 is 0. The number of hydrogen-bond donors (Lipinski definition) is 0.